The van der Waals surface area contributed by atoms with E-state index in [1.165, 1.54) is 53.2 Å². The standard InChI is InChI=1S/C32H35O2S/c1-31(2,32-20-23-17-24(21-32)19-25(18-23)22-32)34-30(33)26-13-15-29(16-14-26)35(27-9-5-3-6-10-27)28-11-7-4-8-12-28/h3-16,23-25H,17-22H2,1-2H3/q+1. The Balaban J connectivity index is 1.23. The molecule has 4 saturated carbocycles. The minimum atomic E-state index is -0.433. The van der Waals surface area contributed by atoms with Gasteiger partial charge < -0.3 is 4.74 Å². The molecule has 0 saturated heterocycles. The Kier molecular flexibility index (Phi) is 5.79. The molecule has 3 aromatic rings. The van der Waals surface area contributed by atoms with Gasteiger partial charge in [-0.1, -0.05) is 36.4 Å². The van der Waals surface area contributed by atoms with Gasteiger partial charge in [-0.2, -0.15) is 0 Å². The SMILES string of the molecule is CC(C)(OC(=O)c1ccc([S+](c2ccccc2)c2ccccc2)cc1)C12CC3CC(CC(C3)C1)C2. The Morgan fingerprint density at radius 2 is 1.14 bits per heavy atom. The highest BCUT2D eigenvalue weighted by Gasteiger charge is 2.58. The number of hydrogen-bond donors (Lipinski definition) is 0. The summed E-state index contributed by atoms with van der Waals surface area (Å²) in [6.45, 7) is 4.35. The first-order valence-electron chi connectivity index (χ1n) is 13.1. The van der Waals surface area contributed by atoms with Crippen molar-refractivity contribution >= 4 is 16.9 Å². The Morgan fingerprint density at radius 1 is 0.714 bits per heavy atom. The number of carbonyl (C=O) groups excluding carboxylic acids is 1. The van der Waals surface area contributed by atoms with Crippen molar-refractivity contribution in [3.63, 3.8) is 0 Å². The molecule has 0 spiro atoms. The van der Waals surface area contributed by atoms with Crippen molar-refractivity contribution in [1.82, 2.24) is 0 Å². The van der Waals surface area contributed by atoms with Gasteiger partial charge in [-0.25, -0.2) is 4.79 Å². The first-order valence-corrected chi connectivity index (χ1v) is 14.3. The van der Waals surface area contributed by atoms with Gasteiger partial charge in [0.1, 0.15) is 5.60 Å². The number of esters is 1. The van der Waals surface area contributed by atoms with Crippen LogP contribution in [0.4, 0.5) is 0 Å². The van der Waals surface area contributed by atoms with Crippen molar-refractivity contribution in [2.24, 2.45) is 23.2 Å². The summed E-state index contributed by atoms with van der Waals surface area (Å²) in [4.78, 5) is 17.1. The number of hydrogen-bond acceptors (Lipinski definition) is 2. The van der Waals surface area contributed by atoms with E-state index in [4.69, 9.17) is 4.74 Å². The summed E-state index contributed by atoms with van der Waals surface area (Å²) in [5.74, 6) is 2.34. The van der Waals surface area contributed by atoms with Crippen LogP contribution in [-0.4, -0.2) is 11.6 Å². The van der Waals surface area contributed by atoms with E-state index in [0.717, 1.165) is 17.8 Å². The third-order valence-corrected chi connectivity index (χ3v) is 11.2. The van der Waals surface area contributed by atoms with E-state index < -0.39 is 5.60 Å². The van der Waals surface area contributed by atoms with Crippen LogP contribution in [0, 0.1) is 23.2 Å². The topological polar surface area (TPSA) is 26.3 Å². The first-order chi connectivity index (χ1) is 16.9. The van der Waals surface area contributed by atoms with E-state index in [1.807, 2.05) is 12.1 Å². The van der Waals surface area contributed by atoms with Crippen molar-refractivity contribution in [2.45, 2.75) is 72.7 Å². The van der Waals surface area contributed by atoms with Crippen molar-refractivity contribution < 1.29 is 9.53 Å². The Morgan fingerprint density at radius 3 is 1.60 bits per heavy atom. The zero-order valence-electron chi connectivity index (χ0n) is 20.8. The van der Waals surface area contributed by atoms with E-state index in [9.17, 15) is 4.79 Å². The van der Waals surface area contributed by atoms with Gasteiger partial charge in [0, 0.05) is 5.41 Å². The van der Waals surface area contributed by atoms with Crippen molar-refractivity contribution in [3.05, 3.63) is 90.5 Å². The summed E-state index contributed by atoms with van der Waals surface area (Å²) in [6.07, 6.45) is 7.89. The highest BCUT2D eigenvalue weighted by atomic mass is 32.2. The maximum absolute atomic E-state index is 13.4. The monoisotopic (exact) mass is 483 g/mol. The van der Waals surface area contributed by atoms with Crippen LogP contribution in [-0.2, 0) is 15.6 Å². The third-order valence-electron chi connectivity index (χ3n) is 8.95. The quantitative estimate of drug-likeness (QED) is 0.263. The fourth-order valence-corrected chi connectivity index (χ4v) is 9.58. The van der Waals surface area contributed by atoms with E-state index in [2.05, 4.69) is 86.6 Å². The Hall–Kier alpha value is -2.52. The molecule has 180 valence electrons. The van der Waals surface area contributed by atoms with E-state index in [0.29, 0.717) is 5.56 Å². The molecule has 3 heteroatoms. The fourth-order valence-electron chi connectivity index (χ4n) is 7.50. The average molecular weight is 484 g/mol. The number of benzene rings is 3. The lowest BCUT2D eigenvalue weighted by atomic mass is 9.46. The van der Waals surface area contributed by atoms with Crippen LogP contribution in [0.2, 0.25) is 0 Å². The lowest BCUT2D eigenvalue weighted by molar-refractivity contribution is -0.164. The summed E-state index contributed by atoms with van der Waals surface area (Å²) in [5, 5.41) is 0. The highest BCUT2D eigenvalue weighted by Crippen LogP contribution is 2.64. The van der Waals surface area contributed by atoms with Crippen molar-refractivity contribution in [3.8, 4) is 0 Å². The van der Waals surface area contributed by atoms with E-state index in [1.54, 1.807) is 0 Å². The lowest BCUT2D eigenvalue weighted by Crippen LogP contribution is -2.57. The minimum Gasteiger partial charge on any atom is -0.455 e. The van der Waals surface area contributed by atoms with Crippen LogP contribution in [0.5, 0.6) is 0 Å². The van der Waals surface area contributed by atoms with Gasteiger partial charge in [0.05, 0.1) is 16.5 Å². The van der Waals surface area contributed by atoms with Gasteiger partial charge in [0.25, 0.3) is 0 Å². The summed E-state index contributed by atoms with van der Waals surface area (Å²) < 4.78 is 6.34. The maximum atomic E-state index is 13.4. The predicted molar refractivity (Wildman–Crippen MR) is 142 cm³/mol. The molecule has 0 amide bonds. The highest BCUT2D eigenvalue weighted by molar-refractivity contribution is 7.97. The smallest absolute Gasteiger partial charge is 0.338 e. The molecule has 0 aliphatic heterocycles. The van der Waals surface area contributed by atoms with E-state index in [-0.39, 0.29) is 22.3 Å². The molecule has 0 aromatic heterocycles. The van der Waals surface area contributed by atoms with Gasteiger partial charge in [-0.3, -0.25) is 0 Å². The Labute approximate surface area is 212 Å². The van der Waals surface area contributed by atoms with Crippen LogP contribution in [0.3, 0.4) is 0 Å². The molecule has 4 aliphatic rings. The number of carbonyl (C=O) groups is 1. The molecule has 0 heterocycles. The molecule has 2 nitrogen and oxygen atoms in total. The molecule has 0 radical (unpaired) electrons. The Bertz CT molecular complexity index is 1110. The molecule has 0 N–H and O–H groups in total. The summed E-state index contributed by atoms with van der Waals surface area (Å²) in [5.41, 5.74) is 0.373. The molecular formula is C32H35O2S+. The van der Waals surface area contributed by atoms with Gasteiger partial charge in [-0.15, -0.1) is 0 Å². The zero-order chi connectivity index (χ0) is 24.0. The van der Waals surface area contributed by atoms with Crippen molar-refractivity contribution in [1.29, 1.82) is 0 Å². The molecule has 4 aliphatic carbocycles. The van der Waals surface area contributed by atoms with Crippen LogP contribution >= 0.6 is 0 Å². The maximum Gasteiger partial charge on any atom is 0.338 e. The average Bonchev–Trinajstić information content (AvgIpc) is 2.85. The second-order valence-corrected chi connectivity index (χ2v) is 13.6. The molecule has 4 fully saturated rings. The van der Waals surface area contributed by atoms with Crippen LogP contribution in [0.1, 0.15) is 62.7 Å². The molecule has 4 bridgehead atoms. The molecular weight excluding hydrogens is 448 g/mol. The molecule has 0 atom stereocenters. The lowest BCUT2D eigenvalue weighted by Gasteiger charge is -2.61. The normalized spacial score (nSPS) is 27.2. The second kappa shape index (κ2) is 8.85. The van der Waals surface area contributed by atoms with Crippen LogP contribution in [0.15, 0.2) is 99.6 Å². The fraction of sp³-hybridized carbons (Fsp3) is 0.406. The largest absolute Gasteiger partial charge is 0.455 e. The van der Waals surface area contributed by atoms with Gasteiger partial charge in [-0.05, 0) is 119 Å². The van der Waals surface area contributed by atoms with Crippen LogP contribution < -0.4 is 0 Å². The van der Waals surface area contributed by atoms with Gasteiger partial charge in [0.15, 0.2) is 14.7 Å². The molecule has 3 aromatic carbocycles. The van der Waals surface area contributed by atoms with Crippen LogP contribution in [0.25, 0.3) is 0 Å². The molecule has 0 unspecified atom stereocenters. The summed E-state index contributed by atoms with van der Waals surface area (Å²) in [6, 6.07) is 29.4. The molecule has 7 rings (SSSR count). The summed E-state index contributed by atoms with van der Waals surface area (Å²) >= 11 is 0. The predicted octanol–water partition coefficient (Wildman–Crippen LogP) is 7.93. The van der Waals surface area contributed by atoms with Crippen molar-refractivity contribution in [2.75, 3.05) is 0 Å². The summed E-state index contributed by atoms with van der Waals surface area (Å²) in [7, 11) is -0.215. The number of ether oxygens (including phenoxy) is 1. The second-order valence-electron chi connectivity index (χ2n) is 11.6. The van der Waals surface area contributed by atoms with E-state index >= 15 is 0 Å². The van der Waals surface area contributed by atoms with Gasteiger partial charge in [0.2, 0.25) is 0 Å². The minimum absolute atomic E-state index is 0.157. The van der Waals surface area contributed by atoms with Gasteiger partial charge >= 0.3 is 5.97 Å². The molecule has 35 heavy (non-hydrogen) atoms. The third kappa shape index (κ3) is 4.22. The zero-order valence-corrected chi connectivity index (χ0v) is 21.6. The first kappa shape index (κ1) is 22.9. The number of rotatable bonds is 6.